The Bertz CT molecular complexity index is 1450. The Morgan fingerprint density at radius 1 is 1.14 bits per heavy atom. The molecule has 0 atom stereocenters. The lowest BCUT2D eigenvalue weighted by molar-refractivity contribution is -0.114. The fourth-order valence-corrected chi connectivity index (χ4v) is 4.24. The summed E-state index contributed by atoms with van der Waals surface area (Å²) in [5.74, 6) is 0.104. The van der Waals surface area contributed by atoms with Crippen molar-refractivity contribution in [1.29, 1.82) is 0 Å². The fourth-order valence-electron chi connectivity index (χ4n) is 4.24. The molecule has 190 valence electrons. The third-order valence-corrected chi connectivity index (χ3v) is 5.99. The molecule has 2 N–H and O–H groups in total. The lowest BCUT2D eigenvalue weighted by Crippen LogP contribution is -2.37. The van der Waals surface area contributed by atoms with Gasteiger partial charge in [0.05, 0.1) is 32.2 Å². The third-order valence-electron chi connectivity index (χ3n) is 5.99. The molecule has 4 heterocycles. The highest BCUT2D eigenvalue weighted by atomic mass is 16.5. The van der Waals surface area contributed by atoms with E-state index >= 15 is 0 Å². The molecule has 0 radical (unpaired) electrons. The number of aromatic nitrogens is 4. The maximum Gasteiger partial charge on any atom is 0.257 e. The van der Waals surface area contributed by atoms with Gasteiger partial charge in [0.25, 0.3) is 5.91 Å². The standard InChI is InChI=1S/C26H27N7O4/c1-17(34)29-23-16-33-24(30-23)8-7-21(31-33)19-13-20(26(36-2)28-15-19)25(35)27-14-18-5-3-4-6-22(18)32-9-11-37-12-10-32/h3-8,13,15-16H,9-12,14H2,1-2H3,(H,27,35)(H,29,34). The predicted octanol–water partition coefficient (Wildman–Crippen LogP) is 2.52. The highest BCUT2D eigenvalue weighted by Gasteiger charge is 2.18. The van der Waals surface area contributed by atoms with E-state index in [0.717, 1.165) is 24.3 Å². The van der Waals surface area contributed by atoms with Gasteiger partial charge in [0.15, 0.2) is 11.5 Å². The number of methoxy groups -OCH3 is 1. The second kappa shape index (κ2) is 10.6. The number of benzene rings is 1. The zero-order valence-corrected chi connectivity index (χ0v) is 20.6. The quantitative estimate of drug-likeness (QED) is 0.396. The lowest BCUT2D eigenvalue weighted by atomic mass is 10.1. The van der Waals surface area contributed by atoms with Crippen molar-refractivity contribution in [2.75, 3.05) is 43.6 Å². The number of imidazole rings is 1. The SMILES string of the molecule is COc1ncc(-c2ccc3nc(NC(C)=O)cn3n2)cc1C(=O)NCc1ccccc1N1CCOCC1. The van der Waals surface area contributed by atoms with Crippen LogP contribution in [0.3, 0.4) is 0 Å². The summed E-state index contributed by atoms with van der Waals surface area (Å²) in [7, 11) is 1.48. The van der Waals surface area contributed by atoms with Crippen LogP contribution in [-0.4, -0.2) is 64.8 Å². The summed E-state index contributed by atoms with van der Waals surface area (Å²) in [5, 5.41) is 10.2. The highest BCUT2D eigenvalue weighted by molar-refractivity contribution is 5.97. The van der Waals surface area contributed by atoms with E-state index in [9.17, 15) is 9.59 Å². The van der Waals surface area contributed by atoms with Crippen molar-refractivity contribution in [2.24, 2.45) is 0 Å². The molecule has 1 saturated heterocycles. The Labute approximate surface area is 213 Å². The third kappa shape index (κ3) is 5.36. The van der Waals surface area contributed by atoms with Crippen LogP contribution < -0.4 is 20.3 Å². The molecule has 37 heavy (non-hydrogen) atoms. The first-order valence-corrected chi connectivity index (χ1v) is 11.9. The molecule has 5 rings (SSSR count). The first kappa shape index (κ1) is 24.2. The van der Waals surface area contributed by atoms with Crippen LogP contribution in [0.5, 0.6) is 5.88 Å². The van der Waals surface area contributed by atoms with Gasteiger partial charge in [-0.3, -0.25) is 9.59 Å². The van der Waals surface area contributed by atoms with E-state index in [2.05, 4.69) is 36.7 Å². The molecule has 1 aromatic carbocycles. The molecule has 0 unspecified atom stereocenters. The number of hydrogen-bond acceptors (Lipinski definition) is 8. The van der Waals surface area contributed by atoms with Gasteiger partial charge in [-0.15, -0.1) is 0 Å². The molecular weight excluding hydrogens is 474 g/mol. The molecule has 2 amide bonds. The maximum absolute atomic E-state index is 13.2. The molecule has 1 aliphatic rings. The molecule has 0 aliphatic carbocycles. The van der Waals surface area contributed by atoms with E-state index in [1.165, 1.54) is 14.0 Å². The van der Waals surface area contributed by atoms with Crippen LogP contribution in [0.1, 0.15) is 22.8 Å². The van der Waals surface area contributed by atoms with Gasteiger partial charge in [-0.1, -0.05) is 18.2 Å². The largest absolute Gasteiger partial charge is 0.480 e. The number of carbonyl (C=O) groups excluding carboxylic acids is 2. The van der Waals surface area contributed by atoms with Crippen LogP contribution in [0.4, 0.5) is 11.5 Å². The Balaban J connectivity index is 1.37. The van der Waals surface area contributed by atoms with Crippen molar-refractivity contribution in [2.45, 2.75) is 13.5 Å². The van der Waals surface area contributed by atoms with Crippen LogP contribution in [0.2, 0.25) is 0 Å². The van der Waals surface area contributed by atoms with Crippen molar-refractivity contribution in [3.63, 3.8) is 0 Å². The fraction of sp³-hybridized carbons (Fsp3) is 0.269. The van der Waals surface area contributed by atoms with E-state index < -0.39 is 0 Å². The van der Waals surface area contributed by atoms with Gasteiger partial charge in [0.1, 0.15) is 5.56 Å². The number of ether oxygens (including phenoxy) is 2. The molecular formula is C26H27N7O4. The van der Waals surface area contributed by atoms with Crippen molar-refractivity contribution in [3.05, 3.63) is 66.0 Å². The molecule has 4 aromatic rings. The van der Waals surface area contributed by atoms with Gasteiger partial charge in [-0.2, -0.15) is 5.10 Å². The summed E-state index contributed by atoms with van der Waals surface area (Å²) in [6.45, 7) is 4.76. The molecule has 1 aliphatic heterocycles. The van der Waals surface area contributed by atoms with Gasteiger partial charge in [0.2, 0.25) is 11.8 Å². The second-order valence-electron chi connectivity index (χ2n) is 8.52. The molecule has 11 heteroatoms. The van der Waals surface area contributed by atoms with Gasteiger partial charge in [-0.05, 0) is 29.8 Å². The lowest BCUT2D eigenvalue weighted by Gasteiger charge is -2.30. The normalized spacial score (nSPS) is 13.4. The number of fused-ring (bicyclic) bond motifs is 1. The summed E-state index contributed by atoms with van der Waals surface area (Å²) in [5.41, 5.74) is 4.20. The van der Waals surface area contributed by atoms with Crippen LogP contribution in [0, 0.1) is 0 Å². The second-order valence-corrected chi connectivity index (χ2v) is 8.52. The van der Waals surface area contributed by atoms with E-state index in [4.69, 9.17) is 9.47 Å². The minimum absolute atomic E-state index is 0.216. The number of anilines is 2. The molecule has 0 bridgehead atoms. The number of rotatable bonds is 7. The zero-order chi connectivity index (χ0) is 25.8. The maximum atomic E-state index is 13.2. The average molecular weight is 502 g/mol. The summed E-state index contributed by atoms with van der Waals surface area (Å²) < 4.78 is 12.4. The van der Waals surface area contributed by atoms with Crippen molar-refractivity contribution < 1.29 is 19.1 Å². The van der Waals surface area contributed by atoms with Crippen LogP contribution in [-0.2, 0) is 16.1 Å². The number of hydrogen-bond donors (Lipinski definition) is 2. The first-order valence-electron chi connectivity index (χ1n) is 11.9. The molecule has 3 aromatic heterocycles. The van der Waals surface area contributed by atoms with Gasteiger partial charge in [-0.25, -0.2) is 14.5 Å². The zero-order valence-electron chi connectivity index (χ0n) is 20.6. The van der Waals surface area contributed by atoms with E-state index in [1.807, 2.05) is 18.2 Å². The topological polar surface area (TPSA) is 123 Å². The summed E-state index contributed by atoms with van der Waals surface area (Å²) in [4.78, 5) is 35.5. The molecule has 1 fully saturated rings. The summed E-state index contributed by atoms with van der Waals surface area (Å²) >= 11 is 0. The molecule has 0 saturated carbocycles. The smallest absolute Gasteiger partial charge is 0.257 e. The number of para-hydroxylation sites is 1. The minimum atomic E-state index is -0.306. The number of nitrogens with zero attached hydrogens (tertiary/aromatic N) is 5. The number of carbonyl (C=O) groups is 2. The van der Waals surface area contributed by atoms with Gasteiger partial charge < -0.3 is 25.0 Å². The van der Waals surface area contributed by atoms with Crippen LogP contribution in [0.15, 0.2) is 54.9 Å². The molecule has 11 nitrogen and oxygen atoms in total. The average Bonchev–Trinajstić information content (AvgIpc) is 3.32. The number of pyridine rings is 1. The van der Waals surface area contributed by atoms with Crippen LogP contribution >= 0.6 is 0 Å². The minimum Gasteiger partial charge on any atom is -0.480 e. The van der Waals surface area contributed by atoms with Crippen molar-refractivity contribution in [1.82, 2.24) is 24.9 Å². The summed E-state index contributed by atoms with van der Waals surface area (Å²) in [6, 6.07) is 13.3. The van der Waals surface area contributed by atoms with E-state index in [0.29, 0.717) is 48.0 Å². The number of nitrogens with one attached hydrogen (secondary N) is 2. The van der Waals surface area contributed by atoms with E-state index in [1.54, 1.807) is 35.1 Å². The van der Waals surface area contributed by atoms with Gasteiger partial charge in [0, 0.05) is 44.0 Å². The summed E-state index contributed by atoms with van der Waals surface area (Å²) in [6.07, 6.45) is 3.22. The van der Waals surface area contributed by atoms with Gasteiger partial charge >= 0.3 is 0 Å². The van der Waals surface area contributed by atoms with Crippen molar-refractivity contribution >= 4 is 29.0 Å². The Morgan fingerprint density at radius 3 is 2.73 bits per heavy atom. The first-order chi connectivity index (χ1) is 18.0. The Hall–Kier alpha value is -4.51. The van der Waals surface area contributed by atoms with Crippen molar-refractivity contribution in [3.8, 4) is 17.1 Å². The monoisotopic (exact) mass is 501 g/mol. The van der Waals surface area contributed by atoms with E-state index in [-0.39, 0.29) is 17.7 Å². The van der Waals surface area contributed by atoms with Crippen LogP contribution in [0.25, 0.3) is 16.9 Å². The number of amides is 2. The predicted molar refractivity (Wildman–Crippen MR) is 138 cm³/mol. The Kier molecular flexibility index (Phi) is 6.95. The highest BCUT2D eigenvalue weighted by Crippen LogP contribution is 2.25. The molecule has 0 spiro atoms. The Morgan fingerprint density at radius 2 is 1.95 bits per heavy atom. The number of morpholine rings is 1.